The van der Waals surface area contributed by atoms with E-state index in [1.807, 2.05) is 53.5 Å². The highest BCUT2D eigenvalue weighted by Crippen LogP contribution is 2.33. The molecular weight excluding hydrogens is 274 g/mol. The van der Waals surface area contributed by atoms with Crippen LogP contribution in [0.3, 0.4) is 0 Å². The van der Waals surface area contributed by atoms with E-state index >= 15 is 0 Å². The standard InChI is InChI=1S/C13H17NS.3C2H6/c1-3-4-5-12-6-8-13(9-7-12)15-14-10-11(14)2;3*1-2/h3-4,6-9,11H,5,10H2,1-2H3;3*1-2H3/b4-3-;;;. The van der Waals surface area contributed by atoms with Gasteiger partial charge < -0.3 is 0 Å². The molecule has 0 bridgehead atoms. The van der Waals surface area contributed by atoms with Crippen LogP contribution < -0.4 is 0 Å². The van der Waals surface area contributed by atoms with Crippen molar-refractivity contribution in [1.29, 1.82) is 0 Å². The minimum absolute atomic E-state index is 0.762. The van der Waals surface area contributed by atoms with Gasteiger partial charge in [-0.05, 0) is 49.9 Å². The average molecular weight is 310 g/mol. The normalized spacial score (nSPS) is 18.5. The molecule has 0 N–H and O–H groups in total. The van der Waals surface area contributed by atoms with Crippen LogP contribution in [0, 0.1) is 0 Å². The van der Waals surface area contributed by atoms with Gasteiger partial charge in [0.2, 0.25) is 0 Å². The molecule has 21 heavy (non-hydrogen) atoms. The van der Waals surface area contributed by atoms with E-state index in [4.69, 9.17) is 0 Å². The summed E-state index contributed by atoms with van der Waals surface area (Å²) >= 11 is 1.87. The molecule has 0 saturated carbocycles. The Morgan fingerprint density at radius 3 is 1.90 bits per heavy atom. The first kappa shape index (κ1) is 22.5. The summed E-state index contributed by atoms with van der Waals surface area (Å²) in [5, 5.41) is 0. The summed E-state index contributed by atoms with van der Waals surface area (Å²) < 4.78 is 2.39. The first-order valence-corrected chi connectivity index (χ1v) is 9.21. The average Bonchev–Trinajstić information content (AvgIpc) is 3.27. The fourth-order valence-corrected chi connectivity index (χ4v) is 2.42. The maximum atomic E-state index is 2.39. The van der Waals surface area contributed by atoms with Gasteiger partial charge in [0.15, 0.2) is 0 Å². The van der Waals surface area contributed by atoms with Crippen LogP contribution in [-0.4, -0.2) is 16.9 Å². The van der Waals surface area contributed by atoms with Crippen molar-refractivity contribution in [2.45, 2.75) is 72.7 Å². The Bertz CT molecular complexity index is 343. The molecule has 1 aliphatic heterocycles. The van der Waals surface area contributed by atoms with Gasteiger partial charge in [-0.25, -0.2) is 4.31 Å². The third-order valence-electron chi connectivity index (χ3n) is 2.54. The molecule has 1 heterocycles. The summed E-state index contributed by atoms with van der Waals surface area (Å²) in [7, 11) is 0. The van der Waals surface area contributed by atoms with E-state index in [1.54, 1.807) is 0 Å². The van der Waals surface area contributed by atoms with Gasteiger partial charge in [0.05, 0.1) is 0 Å². The molecule has 1 nitrogen and oxygen atoms in total. The number of allylic oxidation sites excluding steroid dienone is 2. The summed E-state index contributed by atoms with van der Waals surface area (Å²) in [6.07, 6.45) is 5.33. The monoisotopic (exact) mass is 309 g/mol. The molecule has 2 heteroatoms. The van der Waals surface area contributed by atoms with Crippen LogP contribution in [0.15, 0.2) is 41.3 Å². The fourth-order valence-electron chi connectivity index (χ4n) is 1.42. The third kappa shape index (κ3) is 10.6. The van der Waals surface area contributed by atoms with Crippen LogP contribution in [-0.2, 0) is 6.42 Å². The van der Waals surface area contributed by atoms with Crippen molar-refractivity contribution in [3.63, 3.8) is 0 Å². The molecule has 0 aromatic heterocycles. The molecule has 122 valence electrons. The molecule has 1 fully saturated rings. The predicted molar refractivity (Wildman–Crippen MR) is 101 cm³/mol. The topological polar surface area (TPSA) is 3.01 Å². The van der Waals surface area contributed by atoms with Crippen LogP contribution in [0.1, 0.15) is 61.0 Å². The second kappa shape index (κ2) is 15.7. The lowest BCUT2D eigenvalue weighted by Gasteiger charge is -2.02. The van der Waals surface area contributed by atoms with Crippen molar-refractivity contribution in [1.82, 2.24) is 4.31 Å². The molecule has 0 aliphatic carbocycles. The maximum Gasteiger partial charge on any atom is 0.0315 e. The molecule has 2 rings (SSSR count). The van der Waals surface area contributed by atoms with E-state index in [-0.39, 0.29) is 0 Å². The molecule has 1 saturated heterocycles. The van der Waals surface area contributed by atoms with E-state index in [0.717, 1.165) is 12.5 Å². The molecule has 1 aromatic carbocycles. The number of hydrogen-bond acceptors (Lipinski definition) is 2. The zero-order valence-electron chi connectivity index (χ0n) is 15.3. The minimum Gasteiger partial charge on any atom is -0.241 e. The van der Waals surface area contributed by atoms with E-state index in [2.05, 4.69) is 54.6 Å². The zero-order valence-corrected chi connectivity index (χ0v) is 16.1. The van der Waals surface area contributed by atoms with Crippen molar-refractivity contribution >= 4 is 11.9 Å². The lowest BCUT2D eigenvalue weighted by molar-refractivity contribution is 0.847. The van der Waals surface area contributed by atoms with Crippen molar-refractivity contribution in [2.24, 2.45) is 0 Å². The second-order valence-electron chi connectivity index (χ2n) is 3.96. The van der Waals surface area contributed by atoms with Gasteiger partial charge in [-0.15, -0.1) is 0 Å². The molecule has 1 aliphatic rings. The number of rotatable bonds is 4. The van der Waals surface area contributed by atoms with Crippen LogP contribution in [0.25, 0.3) is 0 Å². The molecule has 2 atom stereocenters. The highest BCUT2D eigenvalue weighted by molar-refractivity contribution is 7.97. The van der Waals surface area contributed by atoms with Gasteiger partial charge in [0.1, 0.15) is 0 Å². The van der Waals surface area contributed by atoms with E-state index < -0.39 is 0 Å². The zero-order chi connectivity index (χ0) is 16.7. The SMILES string of the molecule is C/C=C\Cc1ccc(SN2CC2C)cc1.CC.CC.CC. The second-order valence-corrected chi connectivity index (χ2v) is 5.08. The van der Waals surface area contributed by atoms with Crippen molar-refractivity contribution in [3.8, 4) is 0 Å². The van der Waals surface area contributed by atoms with Crippen LogP contribution in [0.2, 0.25) is 0 Å². The molecule has 0 amide bonds. The first-order valence-electron chi connectivity index (χ1n) is 8.44. The van der Waals surface area contributed by atoms with E-state index in [9.17, 15) is 0 Å². The lowest BCUT2D eigenvalue weighted by Crippen LogP contribution is -1.86. The third-order valence-corrected chi connectivity index (χ3v) is 3.76. The Balaban J connectivity index is 0. The van der Waals surface area contributed by atoms with Crippen LogP contribution in [0.5, 0.6) is 0 Å². The Hall–Kier alpha value is -0.730. The summed E-state index contributed by atoms with van der Waals surface area (Å²) in [4.78, 5) is 1.35. The highest BCUT2D eigenvalue weighted by atomic mass is 32.2. The smallest absolute Gasteiger partial charge is 0.0315 e. The van der Waals surface area contributed by atoms with Crippen LogP contribution in [0.4, 0.5) is 0 Å². The largest absolute Gasteiger partial charge is 0.241 e. The van der Waals surface area contributed by atoms with Gasteiger partial charge in [-0.2, -0.15) is 0 Å². The first-order chi connectivity index (χ1) is 10.3. The number of hydrogen-bond donors (Lipinski definition) is 0. The molecule has 1 aromatic rings. The van der Waals surface area contributed by atoms with Crippen LogP contribution >= 0.6 is 11.9 Å². The van der Waals surface area contributed by atoms with Crippen molar-refractivity contribution in [2.75, 3.05) is 6.54 Å². The summed E-state index contributed by atoms with van der Waals surface area (Å²) in [5.74, 6) is 0. The van der Waals surface area contributed by atoms with Gasteiger partial charge in [0, 0.05) is 17.5 Å². The molecule has 0 spiro atoms. The summed E-state index contributed by atoms with van der Waals surface area (Å²) in [6.45, 7) is 17.5. The molecular formula is C19H35NS. The van der Waals surface area contributed by atoms with Gasteiger partial charge >= 0.3 is 0 Å². The molecule has 2 unspecified atom stereocenters. The number of benzene rings is 1. The molecule has 0 radical (unpaired) electrons. The number of nitrogens with zero attached hydrogens (tertiary/aromatic N) is 1. The van der Waals surface area contributed by atoms with Gasteiger partial charge in [0.25, 0.3) is 0 Å². The Kier molecular flexibility index (Phi) is 16.8. The highest BCUT2D eigenvalue weighted by Gasteiger charge is 2.29. The van der Waals surface area contributed by atoms with Crippen molar-refractivity contribution in [3.05, 3.63) is 42.0 Å². The Labute approximate surface area is 138 Å². The van der Waals surface area contributed by atoms with E-state index in [0.29, 0.717) is 0 Å². The van der Waals surface area contributed by atoms with Gasteiger partial charge in [-0.3, -0.25) is 0 Å². The summed E-state index contributed by atoms with van der Waals surface area (Å²) in [6, 6.07) is 9.63. The lowest BCUT2D eigenvalue weighted by atomic mass is 10.1. The van der Waals surface area contributed by atoms with Crippen molar-refractivity contribution < 1.29 is 0 Å². The Morgan fingerprint density at radius 2 is 1.52 bits per heavy atom. The summed E-state index contributed by atoms with van der Waals surface area (Å²) in [5.41, 5.74) is 1.39. The Morgan fingerprint density at radius 1 is 1.05 bits per heavy atom. The van der Waals surface area contributed by atoms with E-state index in [1.165, 1.54) is 17.0 Å². The maximum absolute atomic E-state index is 2.39. The fraction of sp³-hybridized carbons (Fsp3) is 0.579. The quantitative estimate of drug-likeness (QED) is 0.350. The minimum atomic E-state index is 0.762. The predicted octanol–water partition coefficient (Wildman–Crippen LogP) is 6.60. The van der Waals surface area contributed by atoms with Gasteiger partial charge in [-0.1, -0.05) is 65.8 Å².